The van der Waals surface area contributed by atoms with E-state index in [1.807, 2.05) is 49.4 Å². The molecule has 1 aliphatic heterocycles. The van der Waals surface area contributed by atoms with Gasteiger partial charge >= 0.3 is 0 Å². The summed E-state index contributed by atoms with van der Waals surface area (Å²) in [5, 5.41) is 11.2. The van der Waals surface area contributed by atoms with Gasteiger partial charge in [0.15, 0.2) is 0 Å². The fourth-order valence-electron chi connectivity index (χ4n) is 4.54. The molecule has 0 bridgehead atoms. The molecule has 0 amide bonds. The Morgan fingerprint density at radius 1 is 1.09 bits per heavy atom. The standard InChI is InChI=1S/C26H27N3O3/c1-18(30)28-12-11-23-22-9-8-20(14-24(22)27(2)25(23)16-28)29-13-10-21(15-26(29)31)32-17-19-6-4-3-5-7-19/h3-10,13-15,18,30H,11-12,16-17H2,1-2H3. The average Bonchev–Trinajstić information content (AvgIpc) is 3.09. The highest BCUT2D eigenvalue weighted by Gasteiger charge is 2.24. The number of aliphatic hydroxyl groups is 1. The van der Waals surface area contributed by atoms with Crippen molar-refractivity contribution in [1.82, 2.24) is 14.0 Å². The molecule has 2 aromatic heterocycles. The molecule has 1 unspecified atom stereocenters. The molecule has 6 nitrogen and oxygen atoms in total. The van der Waals surface area contributed by atoms with E-state index in [1.54, 1.807) is 10.8 Å². The third-order valence-electron chi connectivity index (χ3n) is 6.37. The van der Waals surface area contributed by atoms with Gasteiger partial charge in [0.1, 0.15) is 18.6 Å². The Bertz CT molecular complexity index is 1320. The minimum atomic E-state index is -0.460. The van der Waals surface area contributed by atoms with Gasteiger partial charge in [0, 0.05) is 43.5 Å². The maximum atomic E-state index is 12.8. The summed E-state index contributed by atoms with van der Waals surface area (Å²) < 4.78 is 9.62. The number of rotatable bonds is 5. The zero-order valence-electron chi connectivity index (χ0n) is 18.4. The first kappa shape index (κ1) is 20.5. The number of fused-ring (bicyclic) bond motifs is 3. The fraction of sp³-hybridized carbons (Fsp3) is 0.269. The van der Waals surface area contributed by atoms with Gasteiger partial charge in [-0.05, 0) is 42.7 Å². The first-order chi connectivity index (χ1) is 15.5. The number of hydrogen-bond acceptors (Lipinski definition) is 4. The number of hydrogen-bond donors (Lipinski definition) is 1. The van der Waals surface area contributed by atoms with Crippen LogP contribution in [0.2, 0.25) is 0 Å². The molecule has 1 N–H and O–H groups in total. The van der Waals surface area contributed by atoms with Gasteiger partial charge in [-0.15, -0.1) is 0 Å². The molecular weight excluding hydrogens is 402 g/mol. The Morgan fingerprint density at radius 2 is 1.91 bits per heavy atom. The van der Waals surface area contributed by atoms with Crippen LogP contribution >= 0.6 is 0 Å². The highest BCUT2D eigenvalue weighted by atomic mass is 16.5. The number of ether oxygens (including phenoxy) is 1. The topological polar surface area (TPSA) is 59.6 Å². The summed E-state index contributed by atoms with van der Waals surface area (Å²) in [7, 11) is 2.06. The van der Waals surface area contributed by atoms with Crippen molar-refractivity contribution in [3.05, 3.63) is 94.0 Å². The molecular formula is C26H27N3O3. The monoisotopic (exact) mass is 429 g/mol. The molecule has 6 heteroatoms. The third kappa shape index (κ3) is 3.72. The largest absolute Gasteiger partial charge is 0.489 e. The lowest BCUT2D eigenvalue weighted by Crippen LogP contribution is -2.37. The summed E-state index contributed by atoms with van der Waals surface area (Å²) >= 11 is 0. The summed E-state index contributed by atoms with van der Waals surface area (Å²) in [6.45, 7) is 3.80. The van der Waals surface area contributed by atoms with Crippen molar-refractivity contribution in [2.75, 3.05) is 6.54 Å². The predicted molar refractivity (Wildman–Crippen MR) is 125 cm³/mol. The van der Waals surface area contributed by atoms with Crippen LogP contribution in [-0.2, 0) is 26.6 Å². The second kappa shape index (κ2) is 8.30. The Labute approximate surface area is 186 Å². The lowest BCUT2D eigenvalue weighted by Gasteiger charge is -2.30. The minimum absolute atomic E-state index is 0.130. The number of nitrogens with zero attached hydrogens (tertiary/aromatic N) is 3. The maximum Gasteiger partial charge on any atom is 0.258 e. The Hall–Kier alpha value is -3.35. The number of aryl methyl sites for hydroxylation is 1. The Balaban J connectivity index is 1.43. The van der Waals surface area contributed by atoms with Crippen LogP contribution in [0, 0.1) is 0 Å². The molecule has 4 aromatic rings. The predicted octanol–water partition coefficient (Wildman–Crippen LogP) is 3.60. The molecule has 1 atom stereocenters. The van der Waals surface area contributed by atoms with Crippen LogP contribution in [0.1, 0.15) is 23.7 Å². The highest BCUT2D eigenvalue weighted by Crippen LogP contribution is 2.31. The quantitative estimate of drug-likeness (QED) is 0.527. The molecule has 5 rings (SSSR count). The molecule has 3 heterocycles. The van der Waals surface area contributed by atoms with Gasteiger partial charge in [-0.3, -0.25) is 14.3 Å². The second-order valence-corrected chi connectivity index (χ2v) is 8.38. The first-order valence-corrected chi connectivity index (χ1v) is 10.9. The molecule has 0 fully saturated rings. The number of pyridine rings is 1. The molecule has 0 saturated carbocycles. The van der Waals surface area contributed by atoms with Crippen molar-refractivity contribution in [2.24, 2.45) is 7.05 Å². The number of aromatic nitrogens is 2. The zero-order valence-corrected chi connectivity index (χ0v) is 18.4. The molecule has 164 valence electrons. The molecule has 0 saturated heterocycles. The van der Waals surface area contributed by atoms with Crippen LogP contribution < -0.4 is 10.3 Å². The van der Waals surface area contributed by atoms with E-state index in [2.05, 4.69) is 28.6 Å². The van der Waals surface area contributed by atoms with Crippen molar-refractivity contribution in [1.29, 1.82) is 0 Å². The van der Waals surface area contributed by atoms with Crippen LogP contribution in [0.4, 0.5) is 0 Å². The lowest BCUT2D eigenvalue weighted by atomic mass is 10.0. The average molecular weight is 430 g/mol. The van der Waals surface area contributed by atoms with Gasteiger partial charge in [0.05, 0.1) is 11.2 Å². The molecule has 0 radical (unpaired) electrons. The highest BCUT2D eigenvalue weighted by molar-refractivity contribution is 5.87. The minimum Gasteiger partial charge on any atom is -0.489 e. The van der Waals surface area contributed by atoms with Crippen molar-refractivity contribution >= 4 is 10.9 Å². The van der Waals surface area contributed by atoms with Crippen molar-refractivity contribution in [3.63, 3.8) is 0 Å². The van der Waals surface area contributed by atoms with Crippen LogP contribution in [0.5, 0.6) is 5.75 Å². The van der Waals surface area contributed by atoms with Crippen molar-refractivity contribution in [2.45, 2.75) is 32.7 Å². The van der Waals surface area contributed by atoms with Gasteiger partial charge in [-0.2, -0.15) is 0 Å². The summed E-state index contributed by atoms with van der Waals surface area (Å²) in [6, 6.07) is 19.4. The van der Waals surface area contributed by atoms with E-state index in [0.29, 0.717) is 12.4 Å². The fourth-order valence-corrected chi connectivity index (χ4v) is 4.54. The van der Waals surface area contributed by atoms with Crippen LogP contribution in [0.15, 0.2) is 71.7 Å². The van der Waals surface area contributed by atoms with Gasteiger partial charge in [-0.1, -0.05) is 36.4 Å². The van der Waals surface area contributed by atoms with Crippen LogP contribution in [-0.4, -0.2) is 31.9 Å². The summed E-state index contributed by atoms with van der Waals surface area (Å²) in [4.78, 5) is 14.9. The van der Waals surface area contributed by atoms with E-state index in [-0.39, 0.29) is 5.56 Å². The maximum absolute atomic E-state index is 12.8. The smallest absolute Gasteiger partial charge is 0.258 e. The SMILES string of the molecule is CC(O)N1CCc2c(n(C)c3cc(-n4ccc(OCc5ccccc5)cc4=O)ccc23)C1. The lowest BCUT2D eigenvalue weighted by molar-refractivity contribution is 0.00786. The summed E-state index contributed by atoms with van der Waals surface area (Å²) in [5.74, 6) is 0.559. The van der Waals surface area contributed by atoms with Gasteiger partial charge in [0.25, 0.3) is 5.56 Å². The third-order valence-corrected chi connectivity index (χ3v) is 6.37. The molecule has 0 aliphatic carbocycles. The van der Waals surface area contributed by atoms with Crippen LogP contribution in [0.3, 0.4) is 0 Å². The normalized spacial score (nSPS) is 15.0. The molecule has 2 aromatic carbocycles. The number of aliphatic hydroxyl groups excluding tert-OH is 1. The van der Waals surface area contributed by atoms with Crippen molar-refractivity contribution < 1.29 is 9.84 Å². The second-order valence-electron chi connectivity index (χ2n) is 8.38. The summed E-state index contributed by atoms with van der Waals surface area (Å²) in [5.41, 5.74) is 5.40. The van der Waals surface area contributed by atoms with Gasteiger partial charge in [-0.25, -0.2) is 0 Å². The van der Waals surface area contributed by atoms with E-state index in [1.165, 1.54) is 22.7 Å². The first-order valence-electron chi connectivity index (χ1n) is 10.9. The van der Waals surface area contributed by atoms with Gasteiger partial charge < -0.3 is 14.4 Å². The Morgan fingerprint density at radius 3 is 2.66 bits per heavy atom. The van der Waals surface area contributed by atoms with Gasteiger partial charge in [0.2, 0.25) is 0 Å². The van der Waals surface area contributed by atoms with E-state index in [4.69, 9.17) is 4.74 Å². The Kier molecular flexibility index (Phi) is 5.33. The number of benzene rings is 2. The van der Waals surface area contributed by atoms with E-state index >= 15 is 0 Å². The van der Waals surface area contributed by atoms with Crippen molar-refractivity contribution in [3.8, 4) is 11.4 Å². The van der Waals surface area contributed by atoms with E-state index < -0.39 is 6.23 Å². The zero-order chi connectivity index (χ0) is 22.2. The molecule has 32 heavy (non-hydrogen) atoms. The molecule has 0 spiro atoms. The van der Waals surface area contributed by atoms with Crippen LogP contribution in [0.25, 0.3) is 16.6 Å². The van der Waals surface area contributed by atoms with E-state index in [9.17, 15) is 9.90 Å². The van der Waals surface area contributed by atoms with E-state index in [0.717, 1.165) is 36.3 Å². The molecule has 1 aliphatic rings. The summed E-state index contributed by atoms with van der Waals surface area (Å²) in [6.07, 6.45) is 2.21.